The van der Waals surface area contributed by atoms with E-state index < -0.39 is 0 Å². The average molecular weight is 393 g/mol. The zero-order valence-electron chi connectivity index (χ0n) is 16.4. The molecule has 150 valence electrons. The molecule has 0 aliphatic heterocycles. The summed E-state index contributed by atoms with van der Waals surface area (Å²) in [6.07, 6.45) is 4.60. The lowest BCUT2D eigenvalue weighted by atomic mass is 10.2. The highest BCUT2D eigenvalue weighted by atomic mass is 16.5. The minimum absolute atomic E-state index is 0.119. The fourth-order valence-electron chi connectivity index (χ4n) is 2.61. The first-order chi connectivity index (χ1) is 14.0. The van der Waals surface area contributed by atoms with Crippen LogP contribution < -0.4 is 10.6 Å². The number of carbonyl (C=O) groups is 2. The molecule has 2 aromatic heterocycles. The van der Waals surface area contributed by atoms with Crippen molar-refractivity contribution in [3.63, 3.8) is 0 Å². The Morgan fingerprint density at radius 1 is 1.07 bits per heavy atom. The van der Waals surface area contributed by atoms with Crippen LogP contribution in [0.5, 0.6) is 0 Å². The number of aryl methyl sites for hydroxylation is 1. The number of benzene rings is 1. The molecule has 8 heteroatoms. The molecule has 8 nitrogen and oxygen atoms in total. The van der Waals surface area contributed by atoms with Gasteiger partial charge < -0.3 is 15.2 Å². The van der Waals surface area contributed by atoms with Crippen molar-refractivity contribution in [3.05, 3.63) is 66.1 Å². The fraction of sp³-hybridized carbons (Fsp3) is 0.286. The van der Waals surface area contributed by atoms with Gasteiger partial charge in [0.15, 0.2) is 5.82 Å². The highest BCUT2D eigenvalue weighted by Crippen LogP contribution is 2.17. The number of nitrogens with zero attached hydrogens (tertiary/aromatic N) is 3. The van der Waals surface area contributed by atoms with E-state index in [9.17, 15) is 9.59 Å². The van der Waals surface area contributed by atoms with Crippen molar-refractivity contribution in [1.29, 1.82) is 0 Å². The second-order valence-corrected chi connectivity index (χ2v) is 6.87. The Morgan fingerprint density at radius 3 is 2.48 bits per heavy atom. The SMILES string of the molecule is CC(C)c1noc(CCCC(=O)Nc2cccc(NC(=O)c3ccncc3)c2)n1. The molecule has 0 atom stereocenters. The summed E-state index contributed by atoms with van der Waals surface area (Å²) in [4.78, 5) is 32.6. The molecule has 0 fully saturated rings. The van der Waals surface area contributed by atoms with Gasteiger partial charge in [-0.1, -0.05) is 25.1 Å². The van der Waals surface area contributed by atoms with E-state index in [2.05, 4.69) is 25.8 Å². The third-order valence-corrected chi connectivity index (χ3v) is 4.14. The lowest BCUT2D eigenvalue weighted by Gasteiger charge is -2.09. The lowest BCUT2D eigenvalue weighted by molar-refractivity contribution is -0.116. The summed E-state index contributed by atoms with van der Waals surface area (Å²) >= 11 is 0. The van der Waals surface area contributed by atoms with Crippen LogP contribution in [0.2, 0.25) is 0 Å². The van der Waals surface area contributed by atoms with Gasteiger partial charge in [0, 0.05) is 48.1 Å². The second kappa shape index (κ2) is 9.59. The van der Waals surface area contributed by atoms with E-state index in [4.69, 9.17) is 4.52 Å². The standard InChI is InChI=1S/C21H23N5O3/c1-14(2)20-25-19(29-26-20)8-4-7-18(27)23-16-5-3-6-17(13-16)24-21(28)15-9-11-22-12-10-15/h3,5-6,9-14H,4,7-8H2,1-2H3,(H,23,27)(H,24,28). The number of nitrogens with one attached hydrogen (secondary N) is 2. The summed E-state index contributed by atoms with van der Waals surface area (Å²) in [5.41, 5.74) is 1.72. The van der Waals surface area contributed by atoms with E-state index >= 15 is 0 Å². The minimum Gasteiger partial charge on any atom is -0.339 e. The summed E-state index contributed by atoms with van der Waals surface area (Å²) in [6.45, 7) is 3.99. The third kappa shape index (κ3) is 5.97. The number of aromatic nitrogens is 3. The van der Waals surface area contributed by atoms with Gasteiger partial charge in [-0.15, -0.1) is 0 Å². The topological polar surface area (TPSA) is 110 Å². The van der Waals surface area contributed by atoms with Gasteiger partial charge in [0.05, 0.1) is 0 Å². The molecule has 0 aliphatic carbocycles. The summed E-state index contributed by atoms with van der Waals surface area (Å²) < 4.78 is 5.18. The van der Waals surface area contributed by atoms with Crippen molar-refractivity contribution in [2.45, 2.75) is 39.0 Å². The Labute approximate surface area is 168 Å². The van der Waals surface area contributed by atoms with Crippen LogP contribution in [0.1, 0.15) is 54.7 Å². The van der Waals surface area contributed by atoms with Crippen molar-refractivity contribution in [2.75, 3.05) is 10.6 Å². The van der Waals surface area contributed by atoms with Crippen molar-refractivity contribution in [3.8, 4) is 0 Å². The van der Waals surface area contributed by atoms with Gasteiger partial charge in [0.25, 0.3) is 5.91 Å². The van der Waals surface area contributed by atoms with Crippen LogP contribution in [0.4, 0.5) is 11.4 Å². The van der Waals surface area contributed by atoms with Crippen LogP contribution in [0.25, 0.3) is 0 Å². The third-order valence-electron chi connectivity index (χ3n) is 4.14. The maximum absolute atomic E-state index is 12.2. The first-order valence-electron chi connectivity index (χ1n) is 9.45. The van der Waals surface area contributed by atoms with Gasteiger partial charge in [-0.3, -0.25) is 14.6 Å². The van der Waals surface area contributed by atoms with Crippen LogP contribution in [-0.2, 0) is 11.2 Å². The van der Waals surface area contributed by atoms with Crippen LogP contribution >= 0.6 is 0 Å². The average Bonchev–Trinajstić information content (AvgIpc) is 3.18. The van der Waals surface area contributed by atoms with E-state index in [1.807, 2.05) is 13.8 Å². The molecule has 0 saturated carbocycles. The van der Waals surface area contributed by atoms with Crippen LogP contribution in [-0.4, -0.2) is 26.9 Å². The van der Waals surface area contributed by atoms with E-state index in [0.717, 1.165) is 0 Å². The summed E-state index contributed by atoms with van der Waals surface area (Å²) in [7, 11) is 0. The predicted molar refractivity (Wildman–Crippen MR) is 109 cm³/mol. The first kappa shape index (κ1) is 20.2. The Bertz CT molecular complexity index is 969. The predicted octanol–water partition coefficient (Wildman–Crippen LogP) is 3.80. The maximum atomic E-state index is 12.2. The second-order valence-electron chi connectivity index (χ2n) is 6.87. The molecule has 3 aromatic rings. The first-order valence-corrected chi connectivity index (χ1v) is 9.45. The fourth-order valence-corrected chi connectivity index (χ4v) is 2.61. The summed E-state index contributed by atoms with van der Waals surface area (Å²) in [6, 6.07) is 10.3. The molecule has 0 spiro atoms. The molecule has 2 heterocycles. The van der Waals surface area contributed by atoms with Gasteiger partial charge in [-0.2, -0.15) is 4.98 Å². The molecule has 0 radical (unpaired) electrons. The van der Waals surface area contributed by atoms with Crippen molar-refractivity contribution in [2.24, 2.45) is 0 Å². The Morgan fingerprint density at radius 2 is 1.79 bits per heavy atom. The summed E-state index contributed by atoms with van der Waals surface area (Å²) in [5.74, 6) is 1.07. The largest absolute Gasteiger partial charge is 0.339 e. The summed E-state index contributed by atoms with van der Waals surface area (Å²) in [5, 5.41) is 9.55. The zero-order chi connectivity index (χ0) is 20.6. The smallest absolute Gasteiger partial charge is 0.255 e. The van der Waals surface area contributed by atoms with Crippen LogP contribution in [0.15, 0.2) is 53.3 Å². The van der Waals surface area contributed by atoms with Gasteiger partial charge in [0.1, 0.15) is 0 Å². The maximum Gasteiger partial charge on any atom is 0.255 e. The number of amides is 2. The van der Waals surface area contributed by atoms with Gasteiger partial charge >= 0.3 is 0 Å². The van der Waals surface area contributed by atoms with Crippen LogP contribution in [0, 0.1) is 0 Å². The van der Waals surface area contributed by atoms with Crippen molar-refractivity contribution >= 4 is 23.2 Å². The minimum atomic E-state index is -0.240. The number of rotatable bonds is 8. The monoisotopic (exact) mass is 393 g/mol. The molecular formula is C21H23N5O3. The van der Waals surface area contributed by atoms with Crippen molar-refractivity contribution in [1.82, 2.24) is 15.1 Å². The van der Waals surface area contributed by atoms with E-state index in [1.54, 1.807) is 48.8 Å². The number of pyridine rings is 1. The molecule has 0 saturated heterocycles. The molecule has 3 rings (SSSR count). The van der Waals surface area contributed by atoms with Gasteiger partial charge in [0.2, 0.25) is 11.8 Å². The highest BCUT2D eigenvalue weighted by molar-refractivity contribution is 6.04. The van der Waals surface area contributed by atoms with E-state index in [-0.39, 0.29) is 17.7 Å². The molecular weight excluding hydrogens is 370 g/mol. The van der Waals surface area contributed by atoms with Crippen LogP contribution in [0.3, 0.4) is 0 Å². The Kier molecular flexibility index (Phi) is 6.67. The quantitative estimate of drug-likeness (QED) is 0.602. The Hall–Kier alpha value is -3.55. The van der Waals surface area contributed by atoms with Gasteiger partial charge in [-0.05, 0) is 36.8 Å². The molecule has 2 amide bonds. The highest BCUT2D eigenvalue weighted by Gasteiger charge is 2.11. The molecule has 0 bridgehead atoms. The molecule has 2 N–H and O–H groups in total. The lowest BCUT2D eigenvalue weighted by Crippen LogP contribution is -2.14. The zero-order valence-corrected chi connectivity index (χ0v) is 16.4. The number of anilines is 2. The number of carbonyl (C=O) groups excluding carboxylic acids is 2. The van der Waals surface area contributed by atoms with E-state index in [0.29, 0.717) is 47.9 Å². The normalized spacial score (nSPS) is 10.7. The van der Waals surface area contributed by atoms with E-state index in [1.165, 1.54) is 0 Å². The molecule has 0 unspecified atom stereocenters. The number of hydrogen-bond donors (Lipinski definition) is 2. The number of hydrogen-bond acceptors (Lipinski definition) is 6. The Balaban J connectivity index is 1.48. The molecule has 29 heavy (non-hydrogen) atoms. The van der Waals surface area contributed by atoms with Crippen molar-refractivity contribution < 1.29 is 14.1 Å². The molecule has 0 aliphatic rings. The molecule has 1 aromatic carbocycles. The van der Waals surface area contributed by atoms with Gasteiger partial charge in [-0.25, -0.2) is 0 Å².